The van der Waals surface area contributed by atoms with E-state index in [1.807, 2.05) is 19.1 Å². The number of amides is 4. The van der Waals surface area contributed by atoms with Crippen LogP contribution in [0.15, 0.2) is 42.5 Å². The van der Waals surface area contributed by atoms with Gasteiger partial charge in [-0.25, -0.2) is 9.18 Å². The SMILES string of the molecule is Cc1ccccc1C1(C)NC(=O)N(CC(=O)Nc2ccc(F)c(Cl)c2)C1=O. The number of urea groups is 1. The molecule has 1 atom stereocenters. The van der Waals surface area contributed by atoms with Crippen LogP contribution in [0, 0.1) is 12.7 Å². The Morgan fingerprint density at radius 2 is 1.96 bits per heavy atom. The van der Waals surface area contributed by atoms with Gasteiger partial charge in [0, 0.05) is 5.69 Å². The van der Waals surface area contributed by atoms with Crippen molar-refractivity contribution in [1.29, 1.82) is 0 Å². The quantitative estimate of drug-likeness (QED) is 0.788. The molecule has 2 aromatic rings. The van der Waals surface area contributed by atoms with Crippen molar-refractivity contribution in [1.82, 2.24) is 10.2 Å². The van der Waals surface area contributed by atoms with E-state index >= 15 is 0 Å². The number of hydrogen-bond acceptors (Lipinski definition) is 3. The number of halogens is 2. The number of anilines is 1. The van der Waals surface area contributed by atoms with Crippen LogP contribution in [-0.4, -0.2) is 29.3 Å². The summed E-state index contributed by atoms with van der Waals surface area (Å²) in [5.74, 6) is -1.73. The average molecular weight is 390 g/mol. The Labute approximate surface area is 160 Å². The summed E-state index contributed by atoms with van der Waals surface area (Å²) < 4.78 is 13.2. The zero-order chi connectivity index (χ0) is 19.8. The van der Waals surface area contributed by atoms with Crippen molar-refractivity contribution < 1.29 is 18.8 Å². The first-order chi connectivity index (χ1) is 12.7. The molecular formula is C19H17ClFN3O3. The summed E-state index contributed by atoms with van der Waals surface area (Å²) in [7, 11) is 0. The number of benzene rings is 2. The molecule has 2 N–H and O–H groups in total. The molecule has 2 aromatic carbocycles. The summed E-state index contributed by atoms with van der Waals surface area (Å²) in [5.41, 5.74) is 0.527. The van der Waals surface area contributed by atoms with E-state index in [1.54, 1.807) is 19.1 Å². The summed E-state index contributed by atoms with van der Waals surface area (Å²) in [4.78, 5) is 38.3. The van der Waals surface area contributed by atoms with E-state index in [0.29, 0.717) is 5.56 Å². The zero-order valence-corrected chi connectivity index (χ0v) is 15.4. The molecule has 0 bridgehead atoms. The molecule has 6 nitrogen and oxygen atoms in total. The highest BCUT2D eigenvalue weighted by atomic mass is 35.5. The average Bonchev–Trinajstić information content (AvgIpc) is 2.82. The van der Waals surface area contributed by atoms with E-state index in [0.717, 1.165) is 16.5 Å². The van der Waals surface area contributed by atoms with Crippen LogP contribution >= 0.6 is 11.6 Å². The van der Waals surface area contributed by atoms with Crippen LogP contribution in [-0.2, 0) is 15.1 Å². The Bertz CT molecular complexity index is 950. The van der Waals surface area contributed by atoms with Gasteiger partial charge in [0.15, 0.2) is 0 Å². The molecule has 3 rings (SSSR count). The van der Waals surface area contributed by atoms with Crippen LogP contribution < -0.4 is 10.6 Å². The van der Waals surface area contributed by atoms with Crippen molar-refractivity contribution in [2.75, 3.05) is 11.9 Å². The number of rotatable bonds is 4. The summed E-state index contributed by atoms with van der Waals surface area (Å²) >= 11 is 5.68. The van der Waals surface area contributed by atoms with Crippen molar-refractivity contribution >= 4 is 35.1 Å². The van der Waals surface area contributed by atoms with E-state index < -0.39 is 35.7 Å². The Morgan fingerprint density at radius 3 is 2.63 bits per heavy atom. The number of nitrogens with one attached hydrogen (secondary N) is 2. The standard InChI is InChI=1S/C19H17ClFN3O3/c1-11-5-3-4-6-13(11)19(2)17(26)24(18(27)23-19)10-16(25)22-12-7-8-15(21)14(20)9-12/h3-9H,10H2,1-2H3,(H,22,25)(H,23,27). The zero-order valence-electron chi connectivity index (χ0n) is 14.7. The van der Waals surface area contributed by atoms with Gasteiger partial charge in [-0.15, -0.1) is 0 Å². The lowest BCUT2D eigenvalue weighted by atomic mass is 9.88. The van der Waals surface area contributed by atoms with E-state index in [2.05, 4.69) is 10.6 Å². The van der Waals surface area contributed by atoms with E-state index in [-0.39, 0.29) is 10.7 Å². The minimum Gasteiger partial charge on any atom is -0.324 e. The number of hydrogen-bond donors (Lipinski definition) is 2. The molecule has 0 radical (unpaired) electrons. The molecule has 1 aliphatic rings. The van der Waals surface area contributed by atoms with Gasteiger partial charge in [0.25, 0.3) is 5.91 Å². The van der Waals surface area contributed by atoms with Crippen LogP contribution in [0.25, 0.3) is 0 Å². The van der Waals surface area contributed by atoms with Crippen LogP contribution in [0.4, 0.5) is 14.9 Å². The lowest BCUT2D eigenvalue weighted by Gasteiger charge is -2.24. The summed E-state index contributed by atoms with van der Waals surface area (Å²) in [6.07, 6.45) is 0. The molecular weight excluding hydrogens is 373 g/mol. The summed E-state index contributed by atoms with van der Waals surface area (Å²) in [6.45, 7) is 2.97. The van der Waals surface area contributed by atoms with E-state index in [1.165, 1.54) is 12.1 Å². The van der Waals surface area contributed by atoms with Crippen molar-refractivity contribution in [3.8, 4) is 0 Å². The highest BCUT2D eigenvalue weighted by molar-refractivity contribution is 6.31. The molecule has 1 fully saturated rings. The monoisotopic (exact) mass is 389 g/mol. The molecule has 8 heteroatoms. The summed E-state index contributed by atoms with van der Waals surface area (Å²) in [6, 6.07) is 10.3. The second-order valence-electron chi connectivity index (χ2n) is 6.44. The van der Waals surface area contributed by atoms with Gasteiger partial charge in [-0.2, -0.15) is 0 Å². The van der Waals surface area contributed by atoms with Gasteiger partial charge in [-0.05, 0) is 43.2 Å². The van der Waals surface area contributed by atoms with Gasteiger partial charge >= 0.3 is 6.03 Å². The van der Waals surface area contributed by atoms with Gasteiger partial charge < -0.3 is 10.6 Å². The first-order valence-corrected chi connectivity index (χ1v) is 8.55. The second-order valence-corrected chi connectivity index (χ2v) is 6.85. The molecule has 27 heavy (non-hydrogen) atoms. The lowest BCUT2D eigenvalue weighted by Crippen LogP contribution is -2.42. The van der Waals surface area contributed by atoms with Gasteiger partial charge in [0.2, 0.25) is 5.91 Å². The molecule has 0 aliphatic carbocycles. The molecule has 1 heterocycles. The third kappa shape index (κ3) is 3.50. The van der Waals surface area contributed by atoms with Crippen molar-refractivity contribution in [3.05, 3.63) is 64.4 Å². The molecule has 140 valence electrons. The summed E-state index contributed by atoms with van der Waals surface area (Å²) in [5, 5.41) is 5.01. The maximum atomic E-state index is 13.2. The van der Waals surface area contributed by atoms with Gasteiger partial charge in [0.1, 0.15) is 17.9 Å². The van der Waals surface area contributed by atoms with Crippen molar-refractivity contribution in [2.45, 2.75) is 19.4 Å². The molecule has 1 unspecified atom stereocenters. The number of carbonyl (C=O) groups is 3. The molecule has 4 amide bonds. The first kappa shape index (κ1) is 18.8. The van der Waals surface area contributed by atoms with Gasteiger partial charge in [-0.3, -0.25) is 14.5 Å². The fourth-order valence-corrected chi connectivity index (χ4v) is 3.26. The highest BCUT2D eigenvalue weighted by Gasteiger charge is 2.49. The van der Waals surface area contributed by atoms with Crippen molar-refractivity contribution in [3.63, 3.8) is 0 Å². The van der Waals surface area contributed by atoms with E-state index in [9.17, 15) is 18.8 Å². The van der Waals surface area contributed by atoms with E-state index in [4.69, 9.17) is 11.6 Å². The maximum Gasteiger partial charge on any atom is 0.325 e. The minimum atomic E-state index is -1.25. The molecule has 1 aliphatic heterocycles. The Morgan fingerprint density at radius 1 is 1.26 bits per heavy atom. The topological polar surface area (TPSA) is 78.5 Å². The molecule has 0 spiro atoms. The maximum absolute atomic E-state index is 13.2. The second kappa shape index (κ2) is 7.00. The fraction of sp³-hybridized carbons (Fsp3) is 0.211. The first-order valence-electron chi connectivity index (χ1n) is 8.17. The third-order valence-electron chi connectivity index (χ3n) is 4.46. The highest BCUT2D eigenvalue weighted by Crippen LogP contribution is 2.30. The number of aryl methyl sites for hydroxylation is 1. The number of carbonyl (C=O) groups excluding carboxylic acids is 3. The van der Waals surface area contributed by atoms with Crippen LogP contribution in [0.2, 0.25) is 5.02 Å². The van der Waals surface area contributed by atoms with Crippen LogP contribution in [0.1, 0.15) is 18.1 Å². The van der Waals surface area contributed by atoms with Crippen LogP contribution in [0.5, 0.6) is 0 Å². The molecule has 0 aromatic heterocycles. The molecule has 0 saturated carbocycles. The predicted octanol–water partition coefficient (Wildman–Crippen LogP) is 3.19. The van der Waals surface area contributed by atoms with Gasteiger partial charge in [-0.1, -0.05) is 35.9 Å². The van der Waals surface area contributed by atoms with Gasteiger partial charge in [0.05, 0.1) is 5.02 Å². The molecule has 1 saturated heterocycles. The Kier molecular flexibility index (Phi) is 4.89. The fourth-order valence-electron chi connectivity index (χ4n) is 3.08. The smallest absolute Gasteiger partial charge is 0.324 e. The Hall–Kier alpha value is -2.93. The lowest BCUT2D eigenvalue weighted by molar-refractivity contribution is -0.133. The normalized spacial score (nSPS) is 19.2. The Balaban J connectivity index is 1.76. The third-order valence-corrected chi connectivity index (χ3v) is 4.75. The van der Waals surface area contributed by atoms with Crippen molar-refractivity contribution in [2.24, 2.45) is 0 Å². The minimum absolute atomic E-state index is 0.144. The number of nitrogens with zero attached hydrogens (tertiary/aromatic N) is 1. The van der Waals surface area contributed by atoms with Crippen LogP contribution in [0.3, 0.4) is 0 Å². The predicted molar refractivity (Wildman–Crippen MR) is 98.8 cm³/mol. The largest absolute Gasteiger partial charge is 0.325 e. The number of imide groups is 1.